The summed E-state index contributed by atoms with van der Waals surface area (Å²) in [6.45, 7) is 13.2. The highest BCUT2D eigenvalue weighted by molar-refractivity contribution is 5.18. The first-order valence-corrected chi connectivity index (χ1v) is 6.53. The lowest BCUT2D eigenvalue weighted by molar-refractivity contribution is 0.0508. The standard InChI is InChI=1S/C15H28O/c1-11-7-8-13(15(11,5)6)9-10-14(3,4)12(2)16/h7,12-13,16H,8-10H2,1-6H3. The van der Waals surface area contributed by atoms with Crippen molar-refractivity contribution in [3.8, 4) is 0 Å². The van der Waals surface area contributed by atoms with Gasteiger partial charge in [-0.1, -0.05) is 39.3 Å². The zero-order valence-corrected chi connectivity index (χ0v) is 11.8. The van der Waals surface area contributed by atoms with Gasteiger partial charge in [-0.05, 0) is 49.9 Å². The smallest absolute Gasteiger partial charge is 0.0563 e. The molecule has 94 valence electrons. The fourth-order valence-electron chi connectivity index (χ4n) is 2.43. The molecule has 0 bridgehead atoms. The first kappa shape index (κ1) is 13.8. The van der Waals surface area contributed by atoms with Crippen LogP contribution in [0.25, 0.3) is 0 Å². The third-order valence-electron chi connectivity index (χ3n) is 5.01. The van der Waals surface area contributed by atoms with Crippen LogP contribution in [0, 0.1) is 16.7 Å². The molecule has 0 heterocycles. The molecule has 0 radical (unpaired) electrons. The molecule has 1 aliphatic carbocycles. The molecule has 1 nitrogen and oxygen atoms in total. The molecule has 0 aromatic carbocycles. The highest BCUT2D eigenvalue weighted by Crippen LogP contribution is 2.46. The molecule has 0 aliphatic heterocycles. The predicted molar refractivity (Wildman–Crippen MR) is 70.3 cm³/mol. The van der Waals surface area contributed by atoms with Crippen LogP contribution < -0.4 is 0 Å². The van der Waals surface area contributed by atoms with Gasteiger partial charge in [-0.15, -0.1) is 0 Å². The lowest BCUT2D eigenvalue weighted by atomic mass is 9.72. The van der Waals surface area contributed by atoms with Crippen molar-refractivity contribution in [3.63, 3.8) is 0 Å². The van der Waals surface area contributed by atoms with E-state index in [0.29, 0.717) is 5.41 Å². The van der Waals surface area contributed by atoms with Crippen LogP contribution in [0.5, 0.6) is 0 Å². The Morgan fingerprint density at radius 3 is 2.44 bits per heavy atom. The lowest BCUT2D eigenvalue weighted by Gasteiger charge is -2.34. The highest BCUT2D eigenvalue weighted by atomic mass is 16.3. The number of hydrogen-bond donors (Lipinski definition) is 1. The van der Waals surface area contributed by atoms with Gasteiger partial charge in [-0.25, -0.2) is 0 Å². The fourth-order valence-corrected chi connectivity index (χ4v) is 2.43. The number of hydrogen-bond acceptors (Lipinski definition) is 1. The molecule has 0 fully saturated rings. The molecule has 0 saturated heterocycles. The number of rotatable bonds is 4. The summed E-state index contributed by atoms with van der Waals surface area (Å²) in [5.41, 5.74) is 1.94. The van der Waals surface area contributed by atoms with Crippen molar-refractivity contribution in [2.75, 3.05) is 0 Å². The minimum absolute atomic E-state index is 0.0482. The van der Waals surface area contributed by atoms with Crippen molar-refractivity contribution in [3.05, 3.63) is 11.6 Å². The van der Waals surface area contributed by atoms with Crippen LogP contribution in [0.15, 0.2) is 11.6 Å². The van der Waals surface area contributed by atoms with Gasteiger partial charge in [0.05, 0.1) is 6.10 Å². The molecular weight excluding hydrogens is 196 g/mol. The predicted octanol–water partition coefficient (Wildman–Crippen LogP) is 4.17. The molecular formula is C15H28O. The Kier molecular flexibility index (Phi) is 3.89. The Bertz CT molecular complexity index is 271. The van der Waals surface area contributed by atoms with E-state index in [2.05, 4.69) is 40.7 Å². The maximum atomic E-state index is 9.72. The van der Waals surface area contributed by atoms with E-state index in [9.17, 15) is 5.11 Å². The van der Waals surface area contributed by atoms with Crippen molar-refractivity contribution in [2.24, 2.45) is 16.7 Å². The third kappa shape index (κ3) is 2.68. The quantitative estimate of drug-likeness (QED) is 0.711. The zero-order chi connectivity index (χ0) is 12.6. The van der Waals surface area contributed by atoms with Gasteiger partial charge in [0.25, 0.3) is 0 Å². The number of aliphatic hydroxyl groups is 1. The molecule has 1 N–H and O–H groups in total. The average molecular weight is 224 g/mol. The highest BCUT2D eigenvalue weighted by Gasteiger charge is 2.36. The molecule has 0 saturated carbocycles. The summed E-state index contributed by atoms with van der Waals surface area (Å²) in [6, 6.07) is 0. The van der Waals surface area contributed by atoms with Crippen LogP contribution in [-0.2, 0) is 0 Å². The monoisotopic (exact) mass is 224 g/mol. The van der Waals surface area contributed by atoms with E-state index in [-0.39, 0.29) is 11.5 Å². The molecule has 16 heavy (non-hydrogen) atoms. The van der Waals surface area contributed by atoms with Crippen LogP contribution in [0.3, 0.4) is 0 Å². The molecule has 0 aromatic rings. The summed E-state index contributed by atoms with van der Waals surface area (Å²) in [6.07, 6.45) is 5.72. The summed E-state index contributed by atoms with van der Waals surface area (Å²) in [5.74, 6) is 0.755. The minimum atomic E-state index is -0.217. The molecule has 0 aromatic heterocycles. The van der Waals surface area contributed by atoms with Crippen molar-refractivity contribution in [1.29, 1.82) is 0 Å². The van der Waals surface area contributed by atoms with E-state index in [4.69, 9.17) is 0 Å². The van der Waals surface area contributed by atoms with Crippen LogP contribution in [-0.4, -0.2) is 11.2 Å². The second-order valence-corrected chi connectivity index (χ2v) is 6.74. The molecule has 1 heteroatoms. The van der Waals surface area contributed by atoms with Gasteiger partial charge >= 0.3 is 0 Å². The number of allylic oxidation sites excluding steroid dienone is 2. The maximum Gasteiger partial charge on any atom is 0.0563 e. The normalized spacial score (nSPS) is 26.7. The Morgan fingerprint density at radius 2 is 2.06 bits per heavy atom. The minimum Gasteiger partial charge on any atom is -0.393 e. The first-order chi connectivity index (χ1) is 7.18. The average Bonchev–Trinajstić information content (AvgIpc) is 2.39. The van der Waals surface area contributed by atoms with Gasteiger partial charge in [-0.2, -0.15) is 0 Å². The summed E-state index contributed by atoms with van der Waals surface area (Å²) >= 11 is 0. The lowest BCUT2D eigenvalue weighted by Crippen LogP contribution is -2.29. The topological polar surface area (TPSA) is 20.2 Å². The van der Waals surface area contributed by atoms with E-state index in [0.717, 1.165) is 12.3 Å². The van der Waals surface area contributed by atoms with Gasteiger partial charge in [0.2, 0.25) is 0 Å². The first-order valence-electron chi connectivity index (χ1n) is 6.53. The third-order valence-corrected chi connectivity index (χ3v) is 5.01. The van der Waals surface area contributed by atoms with Crippen LogP contribution >= 0.6 is 0 Å². The maximum absolute atomic E-state index is 9.72. The van der Waals surface area contributed by atoms with Crippen LogP contribution in [0.2, 0.25) is 0 Å². The second-order valence-electron chi connectivity index (χ2n) is 6.74. The largest absolute Gasteiger partial charge is 0.393 e. The second kappa shape index (κ2) is 4.52. The summed E-state index contributed by atoms with van der Waals surface area (Å²) in [7, 11) is 0. The Hall–Kier alpha value is -0.300. The summed E-state index contributed by atoms with van der Waals surface area (Å²) < 4.78 is 0. The van der Waals surface area contributed by atoms with E-state index in [1.165, 1.54) is 18.4 Å². The Morgan fingerprint density at radius 1 is 1.50 bits per heavy atom. The van der Waals surface area contributed by atoms with Gasteiger partial charge in [0, 0.05) is 0 Å². The molecule has 2 atom stereocenters. The van der Waals surface area contributed by atoms with Gasteiger partial charge < -0.3 is 5.11 Å². The zero-order valence-electron chi connectivity index (χ0n) is 11.8. The van der Waals surface area contributed by atoms with E-state index in [1.54, 1.807) is 0 Å². The van der Waals surface area contributed by atoms with E-state index >= 15 is 0 Å². The molecule has 1 rings (SSSR count). The fraction of sp³-hybridized carbons (Fsp3) is 0.867. The summed E-state index contributed by atoms with van der Waals surface area (Å²) in [5, 5.41) is 9.72. The van der Waals surface area contributed by atoms with Crippen molar-refractivity contribution in [1.82, 2.24) is 0 Å². The van der Waals surface area contributed by atoms with Gasteiger partial charge in [-0.3, -0.25) is 0 Å². The van der Waals surface area contributed by atoms with Gasteiger partial charge in [0.1, 0.15) is 0 Å². The van der Waals surface area contributed by atoms with Crippen LogP contribution in [0.4, 0.5) is 0 Å². The van der Waals surface area contributed by atoms with Crippen molar-refractivity contribution < 1.29 is 5.11 Å². The Labute approximate surface area is 101 Å². The molecule has 0 spiro atoms. The molecule has 0 amide bonds. The van der Waals surface area contributed by atoms with E-state index < -0.39 is 0 Å². The van der Waals surface area contributed by atoms with Crippen LogP contribution in [0.1, 0.15) is 60.8 Å². The van der Waals surface area contributed by atoms with Gasteiger partial charge in [0.15, 0.2) is 0 Å². The van der Waals surface area contributed by atoms with Crippen molar-refractivity contribution in [2.45, 2.75) is 66.9 Å². The Balaban J connectivity index is 2.53. The van der Waals surface area contributed by atoms with E-state index in [1.807, 2.05) is 6.92 Å². The number of aliphatic hydroxyl groups excluding tert-OH is 1. The SMILES string of the molecule is CC1=CCC(CCC(C)(C)C(C)O)C1(C)C. The van der Waals surface area contributed by atoms with Crippen molar-refractivity contribution >= 4 is 0 Å². The molecule has 1 aliphatic rings. The molecule has 2 unspecified atom stereocenters. The summed E-state index contributed by atoms with van der Waals surface area (Å²) in [4.78, 5) is 0.